The first-order valence-electron chi connectivity index (χ1n) is 9.59. The maximum Gasteiger partial charge on any atom is 0.343 e. The molecule has 156 valence electrons. The largest absolute Gasteiger partial charge is 0.495 e. The summed E-state index contributed by atoms with van der Waals surface area (Å²) in [5.41, 5.74) is 0.134. The van der Waals surface area contributed by atoms with Gasteiger partial charge in [-0.25, -0.2) is 13.2 Å². The number of carbonyl (C=O) groups is 1. The normalized spacial score (nSPS) is 14.6. The van der Waals surface area contributed by atoms with Crippen molar-refractivity contribution in [3.63, 3.8) is 0 Å². The molecule has 0 radical (unpaired) electrons. The molecule has 0 bridgehead atoms. The van der Waals surface area contributed by atoms with Crippen molar-refractivity contribution in [3.8, 4) is 17.2 Å². The molecular weight excluding hydrogens is 394 g/mol. The topological polar surface area (TPSA) is 82.1 Å². The van der Waals surface area contributed by atoms with Gasteiger partial charge in [-0.1, -0.05) is 6.92 Å². The molecular formula is C21H25NO6S. The summed E-state index contributed by atoms with van der Waals surface area (Å²) >= 11 is 0. The number of benzene rings is 2. The summed E-state index contributed by atoms with van der Waals surface area (Å²) in [6.07, 6.45) is 2.54. The van der Waals surface area contributed by atoms with Gasteiger partial charge in [0.25, 0.3) is 0 Å². The summed E-state index contributed by atoms with van der Waals surface area (Å²) < 4.78 is 43.4. The Labute approximate surface area is 171 Å². The smallest absolute Gasteiger partial charge is 0.343 e. The van der Waals surface area contributed by atoms with Gasteiger partial charge in [-0.2, -0.15) is 4.31 Å². The molecule has 0 spiro atoms. The Morgan fingerprint density at radius 3 is 2.31 bits per heavy atom. The van der Waals surface area contributed by atoms with E-state index in [2.05, 4.69) is 0 Å². The van der Waals surface area contributed by atoms with Crippen molar-refractivity contribution < 1.29 is 27.4 Å². The van der Waals surface area contributed by atoms with E-state index in [-0.39, 0.29) is 16.2 Å². The van der Waals surface area contributed by atoms with E-state index in [9.17, 15) is 13.2 Å². The zero-order valence-electron chi connectivity index (χ0n) is 16.6. The highest BCUT2D eigenvalue weighted by Crippen LogP contribution is 2.30. The van der Waals surface area contributed by atoms with Gasteiger partial charge in [0.15, 0.2) is 0 Å². The molecule has 3 rings (SSSR count). The third-order valence-electron chi connectivity index (χ3n) is 4.59. The highest BCUT2D eigenvalue weighted by atomic mass is 32.2. The molecule has 0 N–H and O–H groups in total. The zero-order chi connectivity index (χ0) is 20.9. The number of esters is 1. The Kier molecular flexibility index (Phi) is 6.76. The Morgan fingerprint density at radius 1 is 1.03 bits per heavy atom. The van der Waals surface area contributed by atoms with Crippen LogP contribution < -0.4 is 14.2 Å². The van der Waals surface area contributed by atoms with Gasteiger partial charge in [0, 0.05) is 13.1 Å². The quantitative estimate of drug-likeness (QED) is 0.481. The molecule has 1 heterocycles. The molecule has 0 saturated carbocycles. The Hall–Kier alpha value is -2.58. The predicted octanol–water partition coefficient (Wildman–Crippen LogP) is 3.49. The van der Waals surface area contributed by atoms with Gasteiger partial charge in [-0.3, -0.25) is 0 Å². The van der Waals surface area contributed by atoms with E-state index >= 15 is 0 Å². The standard InChI is InChI=1S/C21H25NO6S/c1-3-14-27-17-7-9-18(10-8-17)28-21(23)16-6-11-19(26-2)20(15-16)29(24,25)22-12-4-5-13-22/h6-11,15H,3-5,12-14H2,1-2H3. The van der Waals surface area contributed by atoms with Crippen molar-refractivity contribution in [1.82, 2.24) is 4.31 Å². The fraction of sp³-hybridized carbons (Fsp3) is 0.381. The maximum absolute atomic E-state index is 13.0. The van der Waals surface area contributed by atoms with E-state index in [4.69, 9.17) is 14.2 Å². The van der Waals surface area contributed by atoms with Crippen LogP contribution in [0.2, 0.25) is 0 Å². The molecule has 0 aliphatic carbocycles. The average Bonchev–Trinajstić information content (AvgIpc) is 3.28. The molecule has 1 aliphatic rings. The summed E-state index contributed by atoms with van der Waals surface area (Å²) in [7, 11) is -2.34. The lowest BCUT2D eigenvalue weighted by Crippen LogP contribution is -2.28. The first kappa shape index (κ1) is 21.1. The lowest BCUT2D eigenvalue weighted by atomic mass is 10.2. The second-order valence-electron chi connectivity index (χ2n) is 6.69. The minimum Gasteiger partial charge on any atom is -0.495 e. The number of hydrogen-bond acceptors (Lipinski definition) is 6. The summed E-state index contributed by atoms with van der Waals surface area (Å²) in [6.45, 7) is 3.56. The lowest BCUT2D eigenvalue weighted by molar-refractivity contribution is 0.0734. The highest BCUT2D eigenvalue weighted by molar-refractivity contribution is 7.89. The Bertz CT molecular complexity index is 950. The van der Waals surface area contributed by atoms with Gasteiger partial charge in [0.2, 0.25) is 10.0 Å². The van der Waals surface area contributed by atoms with Crippen LogP contribution in [0.15, 0.2) is 47.4 Å². The molecule has 8 heteroatoms. The first-order valence-corrected chi connectivity index (χ1v) is 11.0. The van der Waals surface area contributed by atoms with Crippen molar-refractivity contribution >= 4 is 16.0 Å². The minimum absolute atomic E-state index is 0.0281. The van der Waals surface area contributed by atoms with Crippen LogP contribution in [0.5, 0.6) is 17.2 Å². The summed E-state index contributed by atoms with van der Waals surface area (Å²) in [4.78, 5) is 12.5. The molecule has 1 aliphatic heterocycles. The third kappa shape index (κ3) is 4.89. The monoisotopic (exact) mass is 419 g/mol. The molecule has 2 aromatic rings. The fourth-order valence-corrected chi connectivity index (χ4v) is 4.76. The molecule has 0 atom stereocenters. The molecule has 1 saturated heterocycles. The van der Waals surface area contributed by atoms with Crippen LogP contribution in [-0.2, 0) is 10.0 Å². The molecule has 0 aromatic heterocycles. The van der Waals surface area contributed by atoms with Crippen LogP contribution in [0.1, 0.15) is 36.5 Å². The maximum atomic E-state index is 13.0. The van der Waals surface area contributed by atoms with E-state index in [1.165, 1.54) is 29.6 Å². The Morgan fingerprint density at radius 2 is 1.69 bits per heavy atom. The van der Waals surface area contributed by atoms with Crippen LogP contribution in [0.3, 0.4) is 0 Å². The van der Waals surface area contributed by atoms with E-state index in [0.717, 1.165) is 19.3 Å². The highest BCUT2D eigenvalue weighted by Gasteiger charge is 2.30. The molecule has 0 unspecified atom stereocenters. The third-order valence-corrected chi connectivity index (χ3v) is 6.51. The molecule has 2 aromatic carbocycles. The summed E-state index contributed by atoms with van der Waals surface area (Å²) in [5, 5.41) is 0. The van der Waals surface area contributed by atoms with E-state index in [0.29, 0.717) is 31.2 Å². The van der Waals surface area contributed by atoms with Crippen LogP contribution in [0.4, 0.5) is 0 Å². The second kappa shape index (κ2) is 9.28. The SMILES string of the molecule is CCCOc1ccc(OC(=O)c2ccc(OC)c(S(=O)(=O)N3CCCC3)c2)cc1. The molecule has 0 amide bonds. The van der Waals surface area contributed by atoms with Crippen LogP contribution in [0, 0.1) is 0 Å². The van der Waals surface area contributed by atoms with Crippen LogP contribution >= 0.6 is 0 Å². The van der Waals surface area contributed by atoms with Gasteiger partial charge < -0.3 is 14.2 Å². The minimum atomic E-state index is -3.74. The van der Waals surface area contributed by atoms with Gasteiger partial charge in [0.05, 0.1) is 19.3 Å². The van der Waals surface area contributed by atoms with Crippen molar-refractivity contribution in [1.29, 1.82) is 0 Å². The van der Waals surface area contributed by atoms with E-state index in [1.54, 1.807) is 24.3 Å². The zero-order valence-corrected chi connectivity index (χ0v) is 17.4. The molecule has 7 nitrogen and oxygen atoms in total. The number of methoxy groups -OCH3 is 1. The van der Waals surface area contributed by atoms with Crippen molar-refractivity contribution in [2.75, 3.05) is 26.8 Å². The molecule has 1 fully saturated rings. The summed E-state index contributed by atoms with van der Waals surface area (Å²) in [5.74, 6) is 0.590. The van der Waals surface area contributed by atoms with Crippen molar-refractivity contribution in [2.24, 2.45) is 0 Å². The average molecular weight is 419 g/mol. The van der Waals surface area contributed by atoms with Crippen LogP contribution in [0.25, 0.3) is 0 Å². The predicted molar refractivity (Wildman–Crippen MR) is 108 cm³/mol. The lowest BCUT2D eigenvalue weighted by Gasteiger charge is -2.18. The number of carbonyl (C=O) groups excluding carboxylic acids is 1. The fourth-order valence-electron chi connectivity index (χ4n) is 3.06. The number of nitrogens with zero attached hydrogens (tertiary/aromatic N) is 1. The van der Waals surface area contributed by atoms with Crippen molar-refractivity contribution in [3.05, 3.63) is 48.0 Å². The Balaban J connectivity index is 1.80. The number of ether oxygens (including phenoxy) is 3. The number of hydrogen-bond donors (Lipinski definition) is 0. The van der Waals surface area contributed by atoms with Crippen molar-refractivity contribution in [2.45, 2.75) is 31.1 Å². The first-order chi connectivity index (χ1) is 14.0. The van der Waals surface area contributed by atoms with Gasteiger partial charge >= 0.3 is 5.97 Å². The second-order valence-corrected chi connectivity index (χ2v) is 8.59. The van der Waals surface area contributed by atoms with Gasteiger partial charge in [-0.05, 0) is 61.7 Å². The van der Waals surface area contributed by atoms with Gasteiger partial charge in [-0.15, -0.1) is 0 Å². The number of rotatable bonds is 8. The van der Waals surface area contributed by atoms with Crippen LogP contribution in [-0.4, -0.2) is 45.5 Å². The molecule has 29 heavy (non-hydrogen) atoms. The van der Waals surface area contributed by atoms with E-state index < -0.39 is 16.0 Å². The number of sulfonamides is 1. The van der Waals surface area contributed by atoms with Gasteiger partial charge in [0.1, 0.15) is 22.1 Å². The van der Waals surface area contributed by atoms with E-state index in [1.807, 2.05) is 6.92 Å². The summed E-state index contributed by atoms with van der Waals surface area (Å²) in [6, 6.07) is 11.0.